The van der Waals surface area contributed by atoms with Crippen LogP contribution in [-0.4, -0.2) is 26.8 Å². The van der Waals surface area contributed by atoms with Crippen molar-refractivity contribution in [2.75, 3.05) is 12.3 Å². The van der Waals surface area contributed by atoms with Gasteiger partial charge in [0.1, 0.15) is 5.75 Å². The molecule has 6 heteroatoms. The summed E-state index contributed by atoms with van der Waals surface area (Å²) >= 11 is 0. The van der Waals surface area contributed by atoms with Crippen molar-refractivity contribution in [2.24, 2.45) is 0 Å². The lowest BCUT2D eigenvalue weighted by Crippen LogP contribution is -2.05. The minimum atomic E-state index is 0.187. The van der Waals surface area contributed by atoms with Gasteiger partial charge in [-0.3, -0.25) is 0 Å². The molecule has 0 unspecified atom stereocenters. The summed E-state index contributed by atoms with van der Waals surface area (Å²) in [7, 11) is 0. The number of nitrogens with zero attached hydrogens (tertiary/aromatic N) is 4. The molecule has 2 aromatic rings. The molecule has 0 bridgehead atoms. The first-order valence-corrected chi connectivity index (χ1v) is 5.93. The van der Waals surface area contributed by atoms with Crippen molar-refractivity contribution < 1.29 is 4.74 Å². The third-order valence-corrected chi connectivity index (χ3v) is 2.48. The van der Waals surface area contributed by atoms with Crippen LogP contribution in [0.4, 0.5) is 5.69 Å². The lowest BCUT2D eigenvalue weighted by Gasteiger charge is -2.10. The number of aromatic nitrogens is 4. The van der Waals surface area contributed by atoms with E-state index in [1.54, 1.807) is 10.7 Å². The number of anilines is 1. The minimum absolute atomic E-state index is 0.187. The highest BCUT2D eigenvalue weighted by Gasteiger charge is 2.13. The third-order valence-electron chi connectivity index (χ3n) is 2.48. The van der Waals surface area contributed by atoms with Gasteiger partial charge in [-0.25, -0.2) is 4.68 Å². The predicted molar refractivity (Wildman–Crippen MR) is 69.2 cm³/mol. The smallest absolute Gasteiger partial charge is 0.182 e. The monoisotopic (exact) mass is 247 g/mol. The lowest BCUT2D eigenvalue weighted by atomic mass is 10.1. The number of hydrogen-bond acceptors (Lipinski definition) is 5. The van der Waals surface area contributed by atoms with Gasteiger partial charge in [0, 0.05) is 17.3 Å². The van der Waals surface area contributed by atoms with E-state index in [1.165, 1.54) is 0 Å². The fourth-order valence-electron chi connectivity index (χ4n) is 1.73. The number of tetrazole rings is 1. The van der Waals surface area contributed by atoms with E-state index in [0.717, 1.165) is 11.3 Å². The second-order valence-corrected chi connectivity index (χ2v) is 4.26. The summed E-state index contributed by atoms with van der Waals surface area (Å²) in [6.45, 7) is 6.57. The molecule has 96 valence electrons. The standard InChI is InChI=1S/C12H17N5O/c1-4-18-11-6-9(5-10(13)7-11)12-14-15-16-17(12)8(2)3/h5-8H,4,13H2,1-3H3. The van der Waals surface area contributed by atoms with E-state index >= 15 is 0 Å². The Balaban J connectivity index is 2.46. The molecule has 0 saturated carbocycles. The van der Waals surface area contributed by atoms with Crippen LogP contribution < -0.4 is 10.5 Å². The van der Waals surface area contributed by atoms with Crippen molar-refractivity contribution in [3.05, 3.63) is 18.2 Å². The first-order valence-electron chi connectivity index (χ1n) is 5.93. The van der Waals surface area contributed by atoms with Crippen molar-refractivity contribution in [1.29, 1.82) is 0 Å². The average molecular weight is 247 g/mol. The van der Waals surface area contributed by atoms with Crippen LogP contribution in [-0.2, 0) is 0 Å². The second-order valence-electron chi connectivity index (χ2n) is 4.26. The zero-order valence-electron chi connectivity index (χ0n) is 10.8. The Morgan fingerprint density at radius 1 is 1.33 bits per heavy atom. The van der Waals surface area contributed by atoms with Crippen LogP contribution in [0.3, 0.4) is 0 Å². The lowest BCUT2D eigenvalue weighted by molar-refractivity contribution is 0.340. The normalized spacial score (nSPS) is 10.9. The summed E-state index contributed by atoms with van der Waals surface area (Å²) in [5, 5.41) is 11.7. The van der Waals surface area contributed by atoms with Gasteiger partial charge in [0.05, 0.1) is 12.6 Å². The quantitative estimate of drug-likeness (QED) is 0.835. The van der Waals surface area contributed by atoms with Crippen LogP contribution in [0.1, 0.15) is 26.8 Å². The van der Waals surface area contributed by atoms with Crippen LogP contribution in [0.15, 0.2) is 18.2 Å². The fraction of sp³-hybridized carbons (Fsp3) is 0.417. The van der Waals surface area contributed by atoms with E-state index in [2.05, 4.69) is 15.5 Å². The molecule has 0 fully saturated rings. The molecule has 1 heterocycles. The van der Waals surface area contributed by atoms with Gasteiger partial charge < -0.3 is 10.5 Å². The van der Waals surface area contributed by atoms with Crippen LogP contribution in [0.2, 0.25) is 0 Å². The van der Waals surface area contributed by atoms with Crippen molar-refractivity contribution in [3.8, 4) is 17.1 Å². The summed E-state index contributed by atoms with van der Waals surface area (Å²) < 4.78 is 7.22. The van der Waals surface area contributed by atoms with E-state index in [-0.39, 0.29) is 6.04 Å². The number of rotatable bonds is 4. The van der Waals surface area contributed by atoms with Crippen molar-refractivity contribution in [2.45, 2.75) is 26.8 Å². The molecule has 0 amide bonds. The maximum atomic E-state index is 5.86. The van der Waals surface area contributed by atoms with Crippen molar-refractivity contribution in [3.63, 3.8) is 0 Å². The maximum absolute atomic E-state index is 5.86. The van der Waals surface area contributed by atoms with Gasteiger partial charge in [-0.2, -0.15) is 0 Å². The molecule has 0 radical (unpaired) electrons. The molecule has 2 N–H and O–H groups in total. The Morgan fingerprint density at radius 3 is 2.78 bits per heavy atom. The average Bonchev–Trinajstić information content (AvgIpc) is 2.77. The SMILES string of the molecule is CCOc1cc(N)cc(-c2nnnn2C(C)C)c1. The van der Waals surface area contributed by atoms with E-state index in [0.29, 0.717) is 18.1 Å². The summed E-state index contributed by atoms with van der Waals surface area (Å²) in [6, 6.07) is 5.71. The number of hydrogen-bond donors (Lipinski definition) is 1. The van der Waals surface area contributed by atoms with Crippen LogP contribution >= 0.6 is 0 Å². The molecule has 0 aliphatic rings. The minimum Gasteiger partial charge on any atom is -0.494 e. The topological polar surface area (TPSA) is 78.8 Å². The molecule has 1 aromatic carbocycles. The highest BCUT2D eigenvalue weighted by atomic mass is 16.5. The van der Waals surface area contributed by atoms with E-state index in [4.69, 9.17) is 10.5 Å². The van der Waals surface area contributed by atoms with Gasteiger partial charge in [-0.15, -0.1) is 5.10 Å². The number of ether oxygens (including phenoxy) is 1. The Labute approximate surface area is 106 Å². The Morgan fingerprint density at radius 2 is 2.11 bits per heavy atom. The zero-order chi connectivity index (χ0) is 13.1. The van der Waals surface area contributed by atoms with Crippen LogP contribution in [0, 0.1) is 0 Å². The molecule has 0 aliphatic carbocycles. The summed E-state index contributed by atoms with van der Waals surface area (Å²) in [4.78, 5) is 0. The Kier molecular flexibility index (Phi) is 3.45. The molecule has 6 nitrogen and oxygen atoms in total. The third kappa shape index (κ3) is 2.42. The van der Waals surface area contributed by atoms with Crippen molar-refractivity contribution in [1.82, 2.24) is 20.2 Å². The fourth-order valence-corrected chi connectivity index (χ4v) is 1.73. The number of nitrogens with two attached hydrogens (primary N) is 1. The van der Waals surface area contributed by atoms with E-state index in [1.807, 2.05) is 32.9 Å². The van der Waals surface area contributed by atoms with Gasteiger partial charge in [0.15, 0.2) is 5.82 Å². The Hall–Kier alpha value is -2.11. The molecule has 18 heavy (non-hydrogen) atoms. The molecular weight excluding hydrogens is 230 g/mol. The predicted octanol–water partition coefficient (Wildman–Crippen LogP) is 1.90. The van der Waals surface area contributed by atoms with E-state index in [9.17, 15) is 0 Å². The molecule has 0 saturated heterocycles. The summed E-state index contributed by atoms with van der Waals surface area (Å²) in [5.74, 6) is 1.42. The van der Waals surface area contributed by atoms with Gasteiger partial charge in [0.2, 0.25) is 0 Å². The summed E-state index contributed by atoms with van der Waals surface area (Å²) in [6.07, 6.45) is 0. The molecule has 2 rings (SSSR count). The highest BCUT2D eigenvalue weighted by Crippen LogP contribution is 2.26. The van der Waals surface area contributed by atoms with Crippen LogP contribution in [0.5, 0.6) is 5.75 Å². The van der Waals surface area contributed by atoms with Crippen LogP contribution in [0.25, 0.3) is 11.4 Å². The number of benzene rings is 1. The molecule has 1 aromatic heterocycles. The van der Waals surface area contributed by atoms with Gasteiger partial charge in [-0.1, -0.05) is 0 Å². The zero-order valence-corrected chi connectivity index (χ0v) is 10.8. The molecule has 0 aliphatic heterocycles. The number of nitrogen functional groups attached to an aromatic ring is 1. The second kappa shape index (κ2) is 5.03. The summed E-state index contributed by atoms with van der Waals surface area (Å²) in [5.41, 5.74) is 7.36. The molecular formula is C12H17N5O. The Bertz CT molecular complexity index is 535. The highest BCUT2D eigenvalue weighted by molar-refractivity contribution is 5.64. The molecule has 0 atom stereocenters. The van der Waals surface area contributed by atoms with Crippen molar-refractivity contribution >= 4 is 5.69 Å². The molecule has 0 spiro atoms. The van der Waals surface area contributed by atoms with Gasteiger partial charge in [0.25, 0.3) is 0 Å². The van der Waals surface area contributed by atoms with E-state index < -0.39 is 0 Å². The van der Waals surface area contributed by atoms with Gasteiger partial charge in [-0.05, 0) is 43.3 Å². The first kappa shape index (κ1) is 12.3. The maximum Gasteiger partial charge on any atom is 0.182 e. The largest absolute Gasteiger partial charge is 0.494 e. The first-order chi connectivity index (χ1) is 8.61. The van der Waals surface area contributed by atoms with Gasteiger partial charge >= 0.3 is 0 Å².